The van der Waals surface area contributed by atoms with Gasteiger partial charge in [0, 0.05) is 30.0 Å². The van der Waals surface area contributed by atoms with Crippen LogP contribution < -0.4 is 10.6 Å². The van der Waals surface area contributed by atoms with E-state index in [1.165, 1.54) is 0 Å². The number of hydrogen-bond acceptors (Lipinski definition) is 3. The number of carbonyl (C=O) groups is 2. The summed E-state index contributed by atoms with van der Waals surface area (Å²) in [5.74, 6) is -0.353. The predicted octanol–water partition coefficient (Wildman–Crippen LogP) is 1.70. The fraction of sp³-hybridized carbons (Fsp3) is 0.333. The molecule has 0 aliphatic heterocycles. The van der Waals surface area contributed by atoms with Crippen molar-refractivity contribution in [3.63, 3.8) is 0 Å². The molecule has 0 saturated carbocycles. The first kappa shape index (κ1) is 15.9. The van der Waals surface area contributed by atoms with E-state index >= 15 is 0 Å². The summed E-state index contributed by atoms with van der Waals surface area (Å²) in [6.07, 6.45) is 2.26. The summed E-state index contributed by atoms with van der Waals surface area (Å²) in [5.41, 5.74) is 1.79. The molecule has 0 aromatic heterocycles. The number of aliphatic hydroxyl groups excluding tert-OH is 1. The number of rotatable bonds is 6. The van der Waals surface area contributed by atoms with Crippen molar-refractivity contribution in [1.29, 1.82) is 0 Å². The zero-order valence-electron chi connectivity index (χ0n) is 11.8. The van der Waals surface area contributed by atoms with Crippen molar-refractivity contribution in [3.05, 3.63) is 41.5 Å². The zero-order chi connectivity index (χ0) is 15.0. The highest BCUT2D eigenvalue weighted by Gasteiger charge is 2.06. The molecule has 0 fully saturated rings. The van der Waals surface area contributed by atoms with Gasteiger partial charge >= 0.3 is 0 Å². The number of benzene rings is 1. The lowest BCUT2D eigenvalue weighted by Gasteiger charge is -2.07. The van der Waals surface area contributed by atoms with Gasteiger partial charge in [-0.15, -0.1) is 0 Å². The molecule has 0 aliphatic rings. The number of allylic oxidation sites excluding steroid dienone is 1. The van der Waals surface area contributed by atoms with Crippen molar-refractivity contribution < 1.29 is 14.7 Å². The van der Waals surface area contributed by atoms with Crippen molar-refractivity contribution in [2.45, 2.75) is 20.3 Å². The maximum absolute atomic E-state index is 11.7. The van der Waals surface area contributed by atoms with Gasteiger partial charge in [-0.05, 0) is 44.5 Å². The van der Waals surface area contributed by atoms with E-state index in [0.717, 1.165) is 0 Å². The molecule has 0 saturated heterocycles. The van der Waals surface area contributed by atoms with E-state index < -0.39 is 0 Å². The first-order chi connectivity index (χ1) is 9.58. The largest absolute Gasteiger partial charge is 0.396 e. The summed E-state index contributed by atoms with van der Waals surface area (Å²) in [5, 5.41) is 14.1. The second-order valence-electron chi connectivity index (χ2n) is 4.34. The molecule has 0 aliphatic carbocycles. The van der Waals surface area contributed by atoms with Gasteiger partial charge in [0.25, 0.3) is 11.8 Å². The SMILES string of the molecule is C/C=C(/C)C(=O)Nc1ccc(C(=O)NCCCO)cc1. The van der Waals surface area contributed by atoms with Gasteiger partial charge < -0.3 is 15.7 Å². The smallest absolute Gasteiger partial charge is 0.251 e. The molecule has 5 nitrogen and oxygen atoms in total. The molecule has 1 rings (SSSR count). The highest BCUT2D eigenvalue weighted by Crippen LogP contribution is 2.11. The van der Waals surface area contributed by atoms with Gasteiger partial charge in [0.15, 0.2) is 0 Å². The molecule has 2 amide bonds. The van der Waals surface area contributed by atoms with Crippen LogP contribution in [-0.2, 0) is 4.79 Å². The summed E-state index contributed by atoms with van der Waals surface area (Å²) in [4.78, 5) is 23.4. The molecule has 1 aromatic rings. The molecule has 1 aromatic carbocycles. The van der Waals surface area contributed by atoms with E-state index in [9.17, 15) is 9.59 Å². The van der Waals surface area contributed by atoms with Crippen LogP contribution in [0.5, 0.6) is 0 Å². The van der Waals surface area contributed by atoms with Crippen molar-refractivity contribution >= 4 is 17.5 Å². The minimum Gasteiger partial charge on any atom is -0.396 e. The maximum Gasteiger partial charge on any atom is 0.251 e. The highest BCUT2D eigenvalue weighted by molar-refractivity contribution is 6.03. The normalized spacial score (nSPS) is 11.1. The lowest BCUT2D eigenvalue weighted by Crippen LogP contribution is -2.25. The van der Waals surface area contributed by atoms with Crippen LogP contribution in [0.4, 0.5) is 5.69 Å². The monoisotopic (exact) mass is 276 g/mol. The van der Waals surface area contributed by atoms with Crippen LogP contribution in [0.15, 0.2) is 35.9 Å². The maximum atomic E-state index is 11.7. The second-order valence-corrected chi connectivity index (χ2v) is 4.34. The van der Waals surface area contributed by atoms with Crippen LogP contribution >= 0.6 is 0 Å². The van der Waals surface area contributed by atoms with Gasteiger partial charge in [-0.2, -0.15) is 0 Å². The number of aliphatic hydroxyl groups is 1. The van der Waals surface area contributed by atoms with Gasteiger partial charge in [0.1, 0.15) is 0 Å². The Morgan fingerprint density at radius 1 is 1.25 bits per heavy atom. The van der Waals surface area contributed by atoms with E-state index in [0.29, 0.717) is 29.8 Å². The number of nitrogens with one attached hydrogen (secondary N) is 2. The highest BCUT2D eigenvalue weighted by atomic mass is 16.3. The molecule has 108 valence electrons. The predicted molar refractivity (Wildman–Crippen MR) is 78.5 cm³/mol. The van der Waals surface area contributed by atoms with E-state index in [4.69, 9.17) is 5.11 Å². The van der Waals surface area contributed by atoms with Gasteiger partial charge in [0.05, 0.1) is 0 Å². The number of amides is 2. The van der Waals surface area contributed by atoms with E-state index in [1.54, 1.807) is 44.2 Å². The molecule has 0 heterocycles. The van der Waals surface area contributed by atoms with E-state index in [2.05, 4.69) is 10.6 Å². The standard InChI is InChI=1S/C15H20N2O3/c1-3-11(2)14(19)17-13-7-5-12(6-8-13)15(20)16-9-4-10-18/h3,5-8,18H,4,9-10H2,1-2H3,(H,16,20)(H,17,19)/b11-3-. The number of anilines is 1. The molecular weight excluding hydrogens is 256 g/mol. The summed E-state index contributed by atoms with van der Waals surface area (Å²) >= 11 is 0. The Hall–Kier alpha value is -2.14. The summed E-state index contributed by atoms with van der Waals surface area (Å²) in [6.45, 7) is 4.02. The molecule has 3 N–H and O–H groups in total. The Morgan fingerprint density at radius 3 is 2.45 bits per heavy atom. The van der Waals surface area contributed by atoms with Gasteiger partial charge in [0.2, 0.25) is 0 Å². The van der Waals surface area contributed by atoms with Crippen LogP contribution in [0.2, 0.25) is 0 Å². The molecular formula is C15H20N2O3. The number of carbonyl (C=O) groups excluding carboxylic acids is 2. The van der Waals surface area contributed by atoms with Crippen molar-refractivity contribution in [3.8, 4) is 0 Å². The first-order valence-corrected chi connectivity index (χ1v) is 6.52. The topological polar surface area (TPSA) is 78.4 Å². The molecule has 0 atom stereocenters. The Kier molecular flexibility index (Phi) is 6.46. The van der Waals surface area contributed by atoms with Crippen LogP contribution in [0.3, 0.4) is 0 Å². The molecule has 0 bridgehead atoms. The summed E-state index contributed by atoms with van der Waals surface area (Å²) < 4.78 is 0. The summed E-state index contributed by atoms with van der Waals surface area (Å²) in [6, 6.07) is 6.66. The van der Waals surface area contributed by atoms with Gasteiger partial charge in [-0.1, -0.05) is 6.08 Å². The molecule has 5 heteroatoms. The van der Waals surface area contributed by atoms with Crippen LogP contribution in [0.25, 0.3) is 0 Å². The Labute approximate surface area is 118 Å². The third-order valence-electron chi connectivity index (χ3n) is 2.82. The lowest BCUT2D eigenvalue weighted by atomic mass is 10.2. The third-order valence-corrected chi connectivity index (χ3v) is 2.82. The molecule has 0 spiro atoms. The van der Waals surface area contributed by atoms with Gasteiger partial charge in [-0.25, -0.2) is 0 Å². The lowest BCUT2D eigenvalue weighted by molar-refractivity contribution is -0.112. The number of hydrogen-bond donors (Lipinski definition) is 3. The van der Waals surface area contributed by atoms with Crippen molar-refractivity contribution in [2.24, 2.45) is 0 Å². The average molecular weight is 276 g/mol. The van der Waals surface area contributed by atoms with Crippen LogP contribution in [0, 0.1) is 0 Å². The quantitative estimate of drug-likeness (QED) is 0.546. The van der Waals surface area contributed by atoms with Gasteiger partial charge in [-0.3, -0.25) is 9.59 Å². The van der Waals surface area contributed by atoms with E-state index in [1.807, 2.05) is 0 Å². The Balaban J connectivity index is 2.60. The second kappa shape index (κ2) is 8.12. The average Bonchev–Trinajstić information content (AvgIpc) is 2.47. The van der Waals surface area contributed by atoms with E-state index in [-0.39, 0.29) is 18.4 Å². The van der Waals surface area contributed by atoms with Crippen molar-refractivity contribution in [1.82, 2.24) is 5.32 Å². The van der Waals surface area contributed by atoms with Crippen LogP contribution in [0.1, 0.15) is 30.6 Å². The molecule has 20 heavy (non-hydrogen) atoms. The summed E-state index contributed by atoms with van der Waals surface area (Å²) in [7, 11) is 0. The molecule has 0 radical (unpaired) electrons. The minimum atomic E-state index is -0.194. The van der Waals surface area contributed by atoms with Crippen LogP contribution in [-0.4, -0.2) is 30.1 Å². The minimum absolute atomic E-state index is 0.0511. The molecule has 0 unspecified atom stereocenters. The first-order valence-electron chi connectivity index (χ1n) is 6.52. The third kappa shape index (κ3) is 4.85. The Bertz CT molecular complexity index is 492. The fourth-order valence-electron chi connectivity index (χ4n) is 1.45. The fourth-order valence-corrected chi connectivity index (χ4v) is 1.45. The van der Waals surface area contributed by atoms with Crippen molar-refractivity contribution in [2.75, 3.05) is 18.5 Å². The Morgan fingerprint density at radius 2 is 1.90 bits per heavy atom. The zero-order valence-corrected chi connectivity index (χ0v) is 11.8.